The third-order valence-corrected chi connectivity index (χ3v) is 3.68. The number of hydrogen-bond acceptors (Lipinski definition) is 5. The van der Waals surface area contributed by atoms with Gasteiger partial charge in [0, 0.05) is 19.7 Å². The van der Waals surface area contributed by atoms with Crippen LogP contribution in [-0.4, -0.2) is 50.8 Å². The number of nitrogens with one attached hydrogen (secondary N) is 2. The summed E-state index contributed by atoms with van der Waals surface area (Å²) in [5.74, 6) is -0.451. The molecule has 132 valence electrons. The van der Waals surface area contributed by atoms with E-state index in [1.807, 2.05) is 0 Å². The monoisotopic (exact) mass is 335 g/mol. The molecule has 1 saturated heterocycles. The molecule has 0 spiro atoms. The van der Waals surface area contributed by atoms with E-state index in [1.54, 1.807) is 24.3 Å². The second-order valence-corrected chi connectivity index (χ2v) is 5.60. The number of para-hydroxylation sites is 1. The largest absolute Gasteiger partial charge is 0.378 e. The van der Waals surface area contributed by atoms with Crippen LogP contribution >= 0.6 is 0 Å². The van der Waals surface area contributed by atoms with E-state index in [4.69, 9.17) is 15.2 Å². The molecule has 1 atom stereocenters. The van der Waals surface area contributed by atoms with E-state index in [9.17, 15) is 9.59 Å². The summed E-state index contributed by atoms with van der Waals surface area (Å²) in [5.41, 5.74) is 6.28. The Kier molecular flexibility index (Phi) is 7.67. The van der Waals surface area contributed by atoms with E-state index in [-0.39, 0.29) is 24.3 Å². The van der Waals surface area contributed by atoms with Crippen LogP contribution in [0.4, 0.5) is 5.69 Å². The van der Waals surface area contributed by atoms with E-state index in [1.165, 1.54) is 0 Å². The lowest BCUT2D eigenvalue weighted by Gasteiger charge is -2.12. The molecule has 1 unspecified atom stereocenters. The number of rotatable bonds is 9. The Labute approximate surface area is 141 Å². The van der Waals surface area contributed by atoms with E-state index >= 15 is 0 Å². The Hall–Kier alpha value is -1.96. The molecule has 2 rings (SSSR count). The number of hydrogen-bond donors (Lipinski definition) is 3. The zero-order valence-electron chi connectivity index (χ0n) is 13.8. The van der Waals surface area contributed by atoms with Crippen LogP contribution in [0.5, 0.6) is 0 Å². The number of carbonyl (C=O) groups excluding carboxylic acids is 2. The maximum absolute atomic E-state index is 12.1. The minimum Gasteiger partial charge on any atom is -0.378 e. The first-order chi connectivity index (χ1) is 11.7. The van der Waals surface area contributed by atoms with Gasteiger partial charge in [0.1, 0.15) is 0 Å². The number of benzene rings is 1. The second-order valence-electron chi connectivity index (χ2n) is 5.60. The fourth-order valence-electron chi connectivity index (χ4n) is 2.44. The summed E-state index contributed by atoms with van der Waals surface area (Å²) in [6.07, 6.45) is 2.46. The number of carbonyl (C=O) groups is 2. The maximum atomic E-state index is 12.1. The van der Waals surface area contributed by atoms with Crippen molar-refractivity contribution in [2.75, 3.05) is 38.2 Å². The summed E-state index contributed by atoms with van der Waals surface area (Å²) in [6, 6.07) is 6.87. The van der Waals surface area contributed by atoms with Crippen LogP contribution in [0, 0.1) is 0 Å². The molecule has 0 saturated carbocycles. The van der Waals surface area contributed by atoms with Gasteiger partial charge in [-0.2, -0.15) is 0 Å². The Morgan fingerprint density at radius 3 is 2.92 bits per heavy atom. The van der Waals surface area contributed by atoms with Crippen molar-refractivity contribution in [2.45, 2.75) is 25.4 Å². The van der Waals surface area contributed by atoms with Gasteiger partial charge in [0.2, 0.25) is 5.91 Å². The summed E-state index contributed by atoms with van der Waals surface area (Å²) < 4.78 is 10.9. The topological polar surface area (TPSA) is 103 Å². The third kappa shape index (κ3) is 5.92. The Morgan fingerprint density at radius 2 is 2.17 bits per heavy atom. The SMILES string of the molecule is NCCNC(=O)c1ccccc1NC(=O)CCOCC1CCCO1. The van der Waals surface area contributed by atoms with Gasteiger partial charge in [-0.1, -0.05) is 12.1 Å². The van der Waals surface area contributed by atoms with Crippen LogP contribution in [0.3, 0.4) is 0 Å². The lowest BCUT2D eigenvalue weighted by atomic mass is 10.1. The van der Waals surface area contributed by atoms with Gasteiger partial charge < -0.3 is 25.8 Å². The molecule has 2 amide bonds. The van der Waals surface area contributed by atoms with E-state index in [2.05, 4.69) is 10.6 Å². The Balaban J connectivity index is 1.77. The number of anilines is 1. The number of amides is 2. The molecule has 1 aliphatic heterocycles. The average molecular weight is 335 g/mol. The molecule has 4 N–H and O–H groups in total. The first kappa shape index (κ1) is 18.4. The number of ether oxygens (including phenoxy) is 2. The van der Waals surface area contributed by atoms with Gasteiger partial charge in [-0.3, -0.25) is 9.59 Å². The zero-order valence-corrected chi connectivity index (χ0v) is 13.8. The fourth-order valence-corrected chi connectivity index (χ4v) is 2.44. The summed E-state index contributed by atoms with van der Waals surface area (Å²) in [5, 5.41) is 5.45. The molecule has 0 bridgehead atoms. The van der Waals surface area contributed by atoms with E-state index in [0.29, 0.717) is 37.6 Å². The molecule has 1 aromatic carbocycles. The normalized spacial score (nSPS) is 16.8. The van der Waals surface area contributed by atoms with E-state index in [0.717, 1.165) is 19.4 Å². The van der Waals surface area contributed by atoms with Crippen molar-refractivity contribution in [3.05, 3.63) is 29.8 Å². The smallest absolute Gasteiger partial charge is 0.253 e. The van der Waals surface area contributed by atoms with Crippen molar-refractivity contribution >= 4 is 17.5 Å². The quantitative estimate of drug-likeness (QED) is 0.582. The molecule has 7 nitrogen and oxygen atoms in total. The summed E-state index contributed by atoms with van der Waals surface area (Å²) in [6.45, 7) is 2.39. The maximum Gasteiger partial charge on any atom is 0.253 e. The van der Waals surface area contributed by atoms with Crippen molar-refractivity contribution in [2.24, 2.45) is 5.73 Å². The predicted molar refractivity (Wildman–Crippen MR) is 90.9 cm³/mol. The molecule has 1 aliphatic rings. The summed E-state index contributed by atoms with van der Waals surface area (Å²) in [7, 11) is 0. The van der Waals surface area contributed by atoms with Gasteiger partial charge in [0.05, 0.1) is 37.0 Å². The van der Waals surface area contributed by atoms with Crippen LogP contribution in [0.2, 0.25) is 0 Å². The van der Waals surface area contributed by atoms with Gasteiger partial charge in [-0.15, -0.1) is 0 Å². The minimum absolute atomic E-state index is 0.153. The summed E-state index contributed by atoms with van der Waals surface area (Å²) in [4.78, 5) is 24.1. The van der Waals surface area contributed by atoms with Crippen molar-refractivity contribution in [3.8, 4) is 0 Å². The third-order valence-electron chi connectivity index (χ3n) is 3.68. The first-order valence-electron chi connectivity index (χ1n) is 8.27. The van der Waals surface area contributed by atoms with Crippen molar-refractivity contribution in [1.82, 2.24) is 5.32 Å². The molecule has 1 fully saturated rings. The lowest BCUT2D eigenvalue weighted by molar-refractivity contribution is -0.117. The van der Waals surface area contributed by atoms with Crippen molar-refractivity contribution in [3.63, 3.8) is 0 Å². The number of nitrogens with two attached hydrogens (primary N) is 1. The highest BCUT2D eigenvalue weighted by molar-refractivity contribution is 6.03. The van der Waals surface area contributed by atoms with Gasteiger partial charge in [-0.05, 0) is 25.0 Å². The van der Waals surface area contributed by atoms with Crippen LogP contribution in [0.1, 0.15) is 29.6 Å². The lowest BCUT2D eigenvalue weighted by Crippen LogP contribution is -2.30. The minimum atomic E-state index is -0.258. The molecule has 1 aromatic rings. The summed E-state index contributed by atoms with van der Waals surface area (Å²) >= 11 is 0. The zero-order chi connectivity index (χ0) is 17.2. The van der Waals surface area contributed by atoms with E-state index < -0.39 is 0 Å². The average Bonchev–Trinajstić information content (AvgIpc) is 3.10. The Morgan fingerprint density at radius 1 is 1.33 bits per heavy atom. The van der Waals surface area contributed by atoms with Crippen LogP contribution in [0.25, 0.3) is 0 Å². The highest BCUT2D eigenvalue weighted by Gasteiger charge is 2.16. The molecule has 0 radical (unpaired) electrons. The molecule has 0 aromatic heterocycles. The highest BCUT2D eigenvalue weighted by Crippen LogP contribution is 2.15. The molecular weight excluding hydrogens is 310 g/mol. The molecule has 7 heteroatoms. The van der Waals surface area contributed by atoms with Gasteiger partial charge in [0.25, 0.3) is 5.91 Å². The standard InChI is InChI=1S/C17H25N3O4/c18-8-9-19-17(22)14-5-1-2-6-15(14)20-16(21)7-11-23-12-13-4-3-10-24-13/h1-2,5-6,13H,3-4,7-12,18H2,(H,19,22)(H,20,21). The second kappa shape index (κ2) is 10.0. The highest BCUT2D eigenvalue weighted by atomic mass is 16.5. The fraction of sp³-hybridized carbons (Fsp3) is 0.529. The molecule has 0 aliphatic carbocycles. The van der Waals surface area contributed by atoms with Gasteiger partial charge in [0.15, 0.2) is 0 Å². The Bertz CT molecular complexity index is 544. The van der Waals surface area contributed by atoms with Crippen LogP contribution in [-0.2, 0) is 14.3 Å². The van der Waals surface area contributed by atoms with Gasteiger partial charge >= 0.3 is 0 Å². The molecule has 24 heavy (non-hydrogen) atoms. The molecular formula is C17H25N3O4. The first-order valence-corrected chi connectivity index (χ1v) is 8.27. The van der Waals surface area contributed by atoms with Gasteiger partial charge in [-0.25, -0.2) is 0 Å². The van der Waals surface area contributed by atoms with Crippen LogP contribution < -0.4 is 16.4 Å². The van der Waals surface area contributed by atoms with Crippen molar-refractivity contribution in [1.29, 1.82) is 0 Å². The van der Waals surface area contributed by atoms with Crippen molar-refractivity contribution < 1.29 is 19.1 Å². The van der Waals surface area contributed by atoms with Crippen LogP contribution in [0.15, 0.2) is 24.3 Å². The predicted octanol–water partition coefficient (Wildman–Crippen LogP) is 0.899. The molecule has 1 heterocycles.